The van der Waals surface area contributed by atoms with E-state index in [2.05, 4.69) is 9.89 Å². The average Bonchev–Trinajstić information content (AvgIpc) is 2.67. The van der Waals surface area contributed by atoms with Crippen molar-refractivity contribution in [3.8, 4) is 17.1 Å². The summed E-state index contributed by atoms with van der Waals surface area (Å²) >= 11 is 0. The predicted octanol–water partition coefficient (Wildman–Crippen LogP) is 2.83. The van der Waals surface area contributed by atoms with Gasteiger partial charge in [0.1, 0.15) is 5.75 Å². The lowest BCUT2D eigenvalue weighted by Gasteiger charge is -2.11. The Morgan fingerprint density at radius 3 is 2.76 bits per heavy atom. The second-order valence-electron chi connectivity index (χ2n) is 3.45. The van der Waals surface area contributed by atoms with E-state index < -0.39 is 6.61 Å². The van der Waals surface area contributed by atoms with Gasteiger partial charge in [0.25, 0.3) is 0 Å². The fraction of sp³-hybridized carbons (Fsp3) is 0.182. The highest BCUT2D eigenvalue weighted by Crippen LogP contribution is 2.34. The van der Waals surface area contributed by atoms with Crippen molar-refractivity contribution in [1.29, 1.82) is 0 Å². The van der Waals surface area contributed by atoms with Crippen LogP contribution < -0.4 is 10.5 Å². The molecule has 0 bridgehead atoms. The SMILES string of the molecule is Cc1cccc(-c2cc(N)no2)c1OC(F)F. The van der Waals surface area contributed by atoms with Crippen LogP contribution in [0.3, 0.4) is 0 Å². The standard InChI is InChI=1S/C11H10F2N2O2/c1-6-3-2-4-7(10(6)16-11(12)13)8-5-9(14)15-17-8/h2-5,11H,1H3,(H2,14,15). The lowest BCUT2D eigenvalue weighted by molar-refractivity contribution is -0.0499. The van der Waals surface area contributed by atoms with E-state index in [1.54, 1.807) is 25.1 Å². The van der Waals surface area contributed by atoms with E-state index in [1.807, 2.05) is 0 Å². The smallest absolute Gasteiger partial charge is 0.387 e. The van der Waals surface area contributed by atoms with E-state index in [4.69, 9.17) is 10.3 Å². The van der Waals surface area contributed by atoms with Crippen molar-refractivity contribution in [3.63, 3.8) is 0 Å². The lowest BCUT2D eigenvalue weighted by Crippen LogP contribution is -2.04. The summed E-state index contributed by atoms with van der Waals surface area (Å²) in [7, 11) is 0. The molecule has 0 unspecified atom stereocenters. The number of para-hydroxylation sites is 1. The molecule has 0 fully saturated rings. The van der Waals surface area contributed by atoms with Crippen LogP contribution in [0.15, 0.2) is 28.8 Å². The monoisotopic (exact) mass is 240 g/mol. The topological polar surface area (TPSA) is 61.3 Å². The number of nitrogen functional groups attached to an aromatic ring is 1. The van der Waals surface area contributed by atoms with Crippen LogP contribution in [-0.4, -0.2) is 11.8 Å². The number of anilines is 1. The van der Waals surface area contributed by atoms with Crippen LogP contribution in [0.4, 0.5) is 14.6 Å². The fourth-order valence-electron chi connectivity index (χ4n) is 1.51. The highest BCUT2D eigenvalue weighted by molar-refractivity contribution is 5.69. The third-order valence-corrected chi connectivity index (χ3v) is 2.21. The van der Waals surface area contributed by atoms with E-state index in [-0.39, 0.29) is 11.6 Å². The largest absolute Gasteiger partial charge is 0.434 e. The molecule has 0 radical (unpaired) electrons. The number of hydrogen-bond donors (Lipinski definition) is 1. The summed E-state index contributed by atoms with van der Waals surface area (Å²) in [4.78, 5) is 0. The van der Waals surface area contributed by atoms with Gasteiger partial charge in [-0.25, -0.2) is 0 Å². The average molecular weight is 240 g/mol. The van der Waals surface area contributed by atoms with E-state index >= 15 is 0 Å². The number of hydrogen-bond acceptors (Lipinski definition) is 4. The molecule has 1 heterocycles. The Balaban J connectivity index is 2.49. The number of nitrogens with two attached hydrogens (primary N) is 1. The van der Waals surface area contributed by atoms with E-state index in [0.29, 0.717) is 16.9 Å². The first-order chi connectivity index (χ1) is 8.08. The van der Waals surface area contributed by atoms with Gasteiger partial charge in [-0.3, -0.25) is 0 Å². The number of halogens is 2. The van der Waals surface area contributed by atoms with Crippen LogP contribution in [0.1, 0.15) is 5.56 Å². The van der Waals surface area contributed by atoms with Crippen molar-refractivity contribution >= 4 is 5.82 Å². The highest BCUT2D eigenvalue weighted by atomic mass is 19.3. The zero-order valence-electron chi connectivity index (χ0n) is 8.98. The highest BCUT2D eigenvalue weighted by Gasteiger charge is 2.16. The molecule has 0 saturated carbocycles. The van der Waals surface area contributed by atoms with Crippen LogP contribution in [0.25, 0.3) is 11.3 Å². The lowest BCUT2D eigenvalue weighted by atomic mass is 10.1. The van der Waals surface area contributed by atoms with E-state index in [9.17, 15) is 8.78 Å². The molecular formula is C11H10F2N2O2. The first kappa shape index (κ1) is 11.4. The molecule has 2 aromatic rings. The number of rotatable bonds is 3. The molecule has 0 aliphatic heterocycles. The van der Waals surface area contributed by atoms with E-state index in [1.165, 1.54) is 6.07 Å². The predicted molar refractivity (Wildman–Crippen MR) is 57.7 cm³/mol. The van der Waals surface area contributed by atoms with Gasteiger partial charge in [0.05, 0.1) is 5.56 Å². The molecule has 0 saturated heterocycles. The summed E-state index contributed by atoms with van der Waals surface area (Å²) in [5, 5.41) is 3.50. The summed E-state index contributed by atoms with van der Waals surface area (Å²) in [6.45, 7) is -1.23. The summed E-state index contributed by atoms with van der Waals surface area (Å²) < 4.78 is 34.0. The van der Waals surface area contributed by atoms with E-state index in [0.717, 1.165) is 0 Å². The van der Waals surface area contributed by atoms with Gasteiger partial charge in [0.2, 0.25) is 0 Å². The summed E-state index contributed by atoms with van der Waals surface area (Å²) in [5.41, 5.74) is 6.39. The summed E-state index contributed by atoms with van der Waals surface area (Å²) in [6.07, 6.45) is 0. The van der Waals surface area contributed by atoms with Crippen LogP contribution in [0.5, 0.6) is 5.75 Å². The van der Waals surface area contributed by atoms with Crippen molar-refractivity contribution < 1.29 is 18.0 Å². The Labute approximate surface area is 96.0 Å². The Morgan fingerprint density at radius 2 is 2.18 bits per heavy atom. The zero-order valence-corrected chi connectivity index (χ0v) is 8.98. The minimum absolute atomic E-state index is 0.0682. The van der Waals surface area contributed by atoms with Crippen LogP contribution in [-0.2, 0) is 0 Å². The Kier molecular flexibility index (Phi) is 2.95. The van der Waals surface area contributed by atoms with Crippen molar-refractivity contribution in [1.82, 2.24) is 5.16 Å². The van der Waals surface area contributed by atoms with Gasteiger partial charge in [0.15, 0.2) is 11.6 Å². The Hall–Kier alpha value is -2.11. The van der Waals surface area contributed by atoms with Gasteiger partial charge >= 0.3 is 6.61 Å². The van der Waals surface area contributed by atoms with Crippen molar-refractivity contribution in [2.75, 3.05) is 5.73 Å². The molecule has 1 aromatic carbocycles. The number of ether oxygens (including phenoxy) is 1. The summed E-state index contributed by atoms with van der Waals surface area (Å²) in [6, 6.07) is 6.43. The molecule has 0 atom stereocenters. The maximum absolute atomic E-state index is 12.3. The number of alkyl halides is 2. The molecule has 2 N–H and O–H groups in total. The second-order valence-corrected chi connectivity index (χ2v) is 3.45. The van der Waals surface area contributed by atoms with Gasteiger partial charge in [-0.1, -0.05) is 17.3 Å². The molecule has 17 heavy (non-hydrogen) atoms. The van der Waals surface area contributed by atoms with Gasteiger partial charge in [-0.05, 0) is 18.6 Å². The maximum atomic E-state index is 12.3. The Morgan fingerprint density at radius 1 is 1.41 bits per heavy atom. The summed E-state index contributed by atoms with van der Waals surface area (Å²) in [5.74, 6) is 0.546. The van der Waals surface area contributed by atoms with Crippen LogP contribution in [0.2, 0.25) is 0 Å². The molecular weight excluding hydrogens is 230 g/mol. The first-order valence-electron chi connectivity index (χ1n) is 4.85. The zero-order chi connectivity index (χ0) is 12.4. The van der Waals surface area contributed by atoms with Gasteiger partial charge < -0.3 is 15.0 Å². The molecule has 0 amide bonds. The van der Waals surface area contributed by atoms with Crippen LogP contribution in [0, 0.1) is 6.92 Å². The minimum Gasteiger partial charge on any atom is -0.434 e. The Bertz CT molecular complexity index is 526. The van der Waals surface area contributed by atoms with Crippen LogP contribution >= 0.6 is 0 Å². The molecule has 2 rings (SSSR count). The van der Waals surface area contributed by atoms with Crippen molar-refractivity contribution in [2.45, 2.75) is 13.5 Å². The fourth-order valence-corrected chi connectivity index (χ4v) is 1.51. The molecule has 0 spiro atoms. The molecule has 0 aliphatic rings. The van der Waals surface area contributed by atoms with Crippen molar-refractivity contribution in [2.24, 2.45) is 0 Å². The number of aromatic nitrogens is 1. The third-order valence-electron chi connectivity index (χ3n) is 2.21. The number of aryl methyl sites for hydroxylation is 1. The normalized spacial score (nSPS) is 10.8. The molecule has 90 valence electrons. The van der Waals surface area contributed by atoms with Crippen molar-refractivity contribution in [3.05, 3.63) is 29.8 Å². The van der Waals surface area contributed by atoms with Gasteiger partial charge in [-0.15, -0.1) is 0 Å². The molecule has 1 aromatic heterocycles. The maximum Gasteiger partial charge on any atom is 0.387 e. The minimum atomic E-state index is -2.89. The second kappa shape index (κ2) is 4.40. The molecule has 6 heteroatoms. The first-order valence-corrected chi connectivity index (χ1v) is 4.85. The van der Waals surface area contributed by atoms with Gasteiger partial charge in [0, 0.05) is 6.07 Å². The quantitative estimate of drug-likeness (QED) is 0.896. The third kappa shape index (κ3) is 2.35. The molecule has 4 nitrogen and oxygen atoms in total. The number of nitrogens with zero attached hydrogens (tertiary/aromatic N) is 1. The number of benzene rings is 1. The molecule has 0 aliphatic carbocycles. The van der Waals surface area contributed by atoms with Gasteiger partial charge in [-0.2, -0.15) is 8.78 Å².